The molecule has 7 heteroatoms. The summed E-state index contributed by atoms with van der Waals surface area (Å²) in [5.74, 6) is -0.0239. The standard InChI is InChI=1S/C24H22Cl2N4O/c1-4-11-29(15-19-7-5-18(14-27)6-8-19)24(31)13-21-16(2)28-30(17(21)3)20-9-10-22(25)23(26)12-20/h4-10,12H,1,11,13,15H2,2-3H3. The van der Waals surface area contributed by atoms with Crippen LogP contribution in [0.15, 0.2) is 55.1 Å². The van der Waals surface area contributed by atoms with Gasteiger partial charge in [0.25, 0.3) is 0 Å². The Morgan fingerprint density at radius 1 is 1.19 bits per heavy atom. The number of carbonyl (C=O) groups excluding carboxylic acids is 1. The van der Waals surface area contributed by atoms with Crippen molar-refractivity contribution >= 4 is 29.1 Å². The number of amides is 1. The molecule has 0 aliphatic heterocycles. The lowest BCUT2D eigenvalue weighted by molar-refractivity contribution is -0.130. The minimum Gasteiger partial charge on any atom is -0.334 e. The Balaban J connectivity index is 1.83. The van der Waals surface area contributed by atoms with Gasteiger partial charge in [0.15, 0.2) is 0 Å². The molecule has 0 radical (unpaired) electrons. The summed E-state index contributed by atoms with van der Waals surface area (Å²) >= 11 is 12.2. The summed E-state index contributed by atoms with van der Waals surface area (Å²) in [5, 5.41) is 14.5. The second kappa shape index (κ2) is 9.82. The van der Waals surface area contributed by atoms with Gasteiger partial charge in [-0.15, -0.1) is 6.58 Å². The Morgan fingerprint density at radius 2 is 1.90 bits per heavy atom. The Morgan fingerprint density at radius 3 is 2.52 bits per heavy atom. The highest BCUT2D eigenvalue weighted by Crippen LogP contribution is 2.26. The number of nitriles is 1. The molecule has 0 saturated carbocycles. The minimum absolute atomic E-state index is 0.0239. The van der Waals surface area contributed by atoms with Gasteiger partial charge in [0.2, 0.25) is 5.91 Å². The van der Waals surface area contributed by atoms with Gasteiger partial charge in [0.1, 0.15) is 0 Å². The molecule has 158 valence electrons. The number of halogens is 2. The number of hydrogen-bond donors (Lipinski definition) is 0. The van der Waals surface area contributed by atoms with Crippen LogP contribution in [0.5, 0.6) is 0 Å². The molecule has 1 aromatic heterocycles. The van der Waals surface area contributed by atoms with Crippen LogP contribution in [0.1, 0.15) is 28.1 Å². The highest BCUT2D eigenvalue weighted by molar-refractivity contribution is 6.42. The molecule has 0 aliphatic rings. The molecule has 1 heterocycles. The Kier molecular flexibility index (Phi) is 7.17. The quantitative estimate of drug-likeness (QED) is 0.449. The van der Waals surface area contributed by atoms with Crippen molar-refractivity contribution in [3.63, 3.8) is 0 Å². The zero-order chi connectivity index (χ0) is 22.5. The van der Waals surface area contributed by atoms with Gasteiger partial charge in [-0.3, -0.25) is 4.79 Å². The van der Waals surface area contributed by atoms with Gasteiger partial charge in [0.05, 0.1) is 39.5 Å². The number of aromatic nitrogens is 2. The monoisotopic (exact) mass is 452 g/mol. The van der Waals surface area contributed by atoms with Crippen LogP contribution in [0.2, 0.25) is 10.0 Å². The molecule has 3 aromatic rings. The molecule has 0 saturated heterocycles. The number of aryl methyl sites for hydroxylation is 1. The van der Waals surface area contributed by atoms with Crippen LogP contribution in [-0.2, 0) is 17.8 Å². The molecular formula is C24H22Cl2N4O. The molecule has 0 aliphatic carbocycles. The van der Waals surface area contributed by atoms with Crippen molar-refractivity contribution in [3.8, 4) is 11.8 Å². The van der Waals surface area contributed by atoms with E-state index in [0.29, 0.717) is 28.7 Å². The lowest BCUT2D eigenvalue weighted by Crippen LogP contribution is -2.32. The van der Waals surface area contributed by atoms with Gasteiger partial charge < -0.3 is 4.90 Å². The summed E-state index contributed by atoms with van der Waals surface area (Å²) in [6.07, 6.45) is 1.93. The van der Waals surface area contributed by atoms with Crippen LogP contribution in [0.25, 0.3) is 5.69 Å². The fraction of sp³-hybridized carbons (Fsp3) is 0.208. The maximum atomic E-state index is 13.1. The molecule has 0 atom stereocenters. The van der Waals surface area contributed by atoms with Crippen LogP contribution in [-0.4, -0.2) is 27.1 Å². The summed E-state index contributed by atoms with van der Waals surface area (Å²) in [6, 6.07) is 14.6. The Bertz CT molecular complexity index is 1160. The van der Waals surface area contributed by atoms with E-state index in [1.54, 1.807) is 39.9 Å². The van der Waals surface area contributed by atoms with E-state index in [-0.39, 0.29) is 12.3 Å². The van der Waals surface area contributed by atoms with Crippen LogP contribution in [0, 0.1) is 25.2 Å². The minimum atomic E-state index is -0.0239. The van der Waals surface area contributed by atoms with E-state index in [9.17, 15) is 4.79 Å². The van der Waals surface area contributed by atoms with E-state index in [2.05, 4.69) is 17.7 Å². The summed E-state index contributed by atoms with van der Waals surface area (Å²) in [5.41, 5.74) is 4.87. The Labute approximate surface area is 192 Å². The van der Waals surface area contributed by atoms with E-state index in [0.717, 1.165) is 28.2 Å². The summed E-state index contributed by atoms with van der Waals surface area (Å²) in [7, 11) is 0. The van der Waals surface area contributed by atoms with Crippen molar-refractivity contribution in [3.05, 3.63) is 93.2 Å². The normalized spacial score (nSPS) is 10.5. The van der Waals surface area contributed by atoms with Crippen LogP contribution in [0.3, 0.4) is 0 Å². The third-order valence-electron chi connectivity index (χ3n) is 5.08. The molecule has 1 amide bonds. The van der Waals surface area contributed by atoms with E-state index in [1.807, 2.05) is 32.0 Å². The molecule has 0 unspecified atom stereocenters. The van der Waals surface area contributed by atoms with E-state index >= 15 is 0 Å². The van der Waals surface area contributed by atoms with Gasteiger partial charge in [0, 0.05) is 24.3 Å². The predicted molar refractivity (Wildman–Crippen MR) is 124 cm³/mol. The van der Waals surface area contributed by atoms with Crippen LogP contribution in [0.4, 0.5) is 0 Å². The molecule has 0 N–H and O–H groups in total. The summed E-state index contributed by atoms with van der Waals surface area (Å²) in [6.45, 7) is 8.47. The molecule has 5 nitrogen and oxygen atoms in total. The van der Waals surface area contributed by atoms with Crippen molar-refractivity contribution in [1.82, 2.24) is 14.7 Å². The predicted octanol–water partition coefficient (Wildman–Crippen LogP) is 5.42. The second-order valence-electron chi connectivity index (χ2n) is 7.21. The summed E-state index contributed by atoms with van der Waals surface area (Å²) < 4.78 is 1.78. The molecule has 0 fully saturated rings. The maximum Gasteiger partial charge on any atom is 0.227 e. The molecule has 31 heavy (non-hydrogen) atoms. The second-order valence-corrected chi connectivity index (χ2v) is 8.02. The molecule has 2 aromatic carbocycles. The Hall–Kier alpha value is -3.07. The third-order valence-corrected chi connectivity index (χ3v) is 5.81. The molecule has 3 rings (SSSR count). The summed E-state index contributed by atoms with van der Waals surface area (Å²) in [4.78, 5) is 14.9. The first-order chi connectivity index (χ1) is 14.8. The molecular weight excluding hydrogens is 431 g/mol. The SMILES string of the molecule is C=CCN(Cc1ccc(C#N)cc1)C(=O)Cc1c(C)nn(-c2ccc(Cl)c(Cl)c2)c1C. The van der Waals surface area contributed by atoms with E-state index in [1.165, 1.54) is 0 Å². The largest absolute Gasteiger partial charge is 0.334 e. The van der Waals surface area contributed by atoms with E-state index in [4.69, 9.17) is 28.5 Å². The number of nitrogens with zero attached hydrogens (tertiary/aromatic N) is 4. The first-order valence-corrected chi connectivity index (χ1v) is 10.5. The zero-order valence-corrected chi connectivity index (χ0v) is 18.9. The van der Waals surface area contributed by atoms with Crippen molar-refractivity contribution in [1.29, 1.82) is 5.26 Å². The van der Waals surface area contributed by atoms with Crippen LogP contribution >= 0.6 is 23.2 Å². The van der Waals surface area contributed by atoms with Gasteiger partial charge >= 0.3 is 0 Å². The fourth-order valence-corrected chi connectivity index (χ4v) is 3.67. The van der Waals surface area contributed by atoms with Gasteiger partial charge in [-0.05, 0) is 49.7 Å². The van der Waals surface area contributed by atoms with Crippen molar-refractivity contribution < 1.29 is 4.79 Å². The van der Waals surface area contributed by atoms with Gasteiger partial charge in [-0.2, -0.15) is 10.4 Å². The number of carbonyl (C=O) groups is 1. The fourth-order valence-electron chi connectivity index (χ4n) is 3.38. The highest BCUT2D eigenvalue weighted by atomic mass is 35.5. The smallest absolute Gasteiger partial charge is 0.227 e. The topological polar surface area (TPSA) is 61.9 Å². The average molecular weight is 453 g/mol. The molecule has 0 spiro atoms. The lowest BCUT2D eigenvalue weighted by Gasteiger charge is -2.21. The van der Waals surface area contributed by atoms with Gasteiger partial charge in [-0.25, -0.2) is 4.68 Å². The number of benzene rings is 2. The van der Waals surface area contributed by atoms with Crippen molar-refractivity contribution in [2.24, 2.45) is 0 Å². The van der Waals surface area contributed by atoms with E-state index < -0.39 is 0 Å². The van der Waals surface area contributed by atoms with Crippen molar-refractivity contribution in [2.45, 2.75) is 26.8 Å². The van der Waals surface area contributed by atoms with Gasteiger partial charge in [-0.1, -0.05) is 41.4 Å². The number of rotatable bonds is 7. The average Bonchev–Trinajstić information content (AvgIpc) is 3.04. The zero-order valence-electron chi connectivity index (χ0n) is 17.4. The van der Waals surface area contributed by atoms with Crippen molar-refractivity contribution in [2.75, 3.05) is 6.54 Å². The first-order valence-electron chi connectivity index (χ1n) is 9.72. The lowest BCUT2D eigenvalue weighted by atomic mass is 10.1. The first kappa shape index (κ1) is 22.6. The maximum absolute atomic E-state index is 13.1. The number of hydrogen-bond acceptors (Lipinski definition) is 3. The molecule has 0 bridgehead atoms. The highest BCUT2D eigenvalue weighted by Gasteiger charge is 2.20. The van der Waals surface area contributed by atoms with Crippen LogP contribution < -0.4 is 0 Å². The third kappa shape index (κ3) is 5.16.